The lowest BCUT2D eigenvalue weighted by Crippen LogP contribution is -2.38. The average molecular weight is 380 g/mol. The first-order chi connectivity index (χ1) is 12.9. The van der Waals surface area contributed by atoms with Gasteiger partial charge in [0.05, 0.1) is 12.6 Å². The summed E-state index contributed by atoms with van der Waals surface area (Å²) in [6.07, 6.45) is 0.354. The zero-order chi connectivity index (χ0) is 19.4. The van der Waals surface area contributed by atoms with Crippen molar-refractivity contribution in [3.63, 3.8) is 0 Å². The van der Waals surface area contributed by atoms with Crippen molar-refractivity contribution < 1.29 is 27.4 Å². The van der Waals surface area contributed by atoms with Crippen LogP contribution in [0.15, 0.2) is 30.3 Å². The van der Waals surface area contributed by atoms with Crippen molar-refractivity contribution in [2.24, 2.45) is 0 Å². The number of carbonyl (C=O) groups is 1. The highest BCUT2D eigenvalue weighted by Crippen LogP contribution is 2.29. The first kappa shape index (κ1) is 19.0. The predicted octanol–water partition coefficient (Wildman–Crippen LogP) is 3.57. The van der Waals surface area contributed by atoms with Gasteiger partial charge in [0.1, 0.15) is 23.2 Å². The van der Waals surface area contributed by atoms with Crippen LogP contribution in [0.5, 0.6) is 5.75 Å². The molecule has 144 valence electrons. The Morgan fingerprint density at radius 1 is 1.19 bits per heavy atom. The number of carbonyl (C=O) groups excluding carboxylic acids is 1. The Morgan fingerprint density at radius 3 is 2.78 bits per heavy atom. The maximum atomic E-state index is 13.8. The molecule has 1 unspecified atom stereocenters. The van der Waals surface area contributed by atoms with Gasteiger partial charge in [-0.2, -0.15) is 0 Å². The van der Waals surface area contributed by atoms with Crippen LogP contribution in [-0.2, 0) is 17.8 Å². The molecule has 2 aromatic rings. The molecule has 27 heavy (non-hydrogen) atoms. The normalized spacial score (nSPS) is 14.1. The van der Waals surface area contributed by atoms with Crippen molar-refractivity contribution in [3.8, 4) is 5.75 Å². The lowest BCUT2D eigenvalue weighted by Gasteiger charge is -2.21. The van der Waals surface area contributed by atoms with Gasteiger partial charge in [0.2, 0.25) is 0 Å². The predicted molar refractivity (Wildman–Crippen MR) is 91.7 cm³/mol. The van der Waals surface area contributed by atoms with E-state index in [0.29, 0.717) is 23.3 Å². The number of urea groups is 1. The van der Waals surface area contributed by atoms with E-state index in [9.17, 15) is 18.0 Å². The summed E-state index contributed by atoms with van der Waals surface area (Å²) in [7, 11) is 0. The fourth-order valence-corrected chi connectivity index (χ4v) is 2.93. The summed E-state index contributed by atoms with van der Waals surface area (Å²) in [5.41, 5.74) is 1.44. The molecular formula is C19H19F3N2O3. The van der Waals surface area contributed by atoms with Gasteiger partial charge < -0.3 is 20.1 Å². The Morgan fingerprint density at radius 2 is 2.00 bits per heavy atom. The fourth-order valence-electron chi connectivity index (χ4n) is 2.93. The summed E-state index contributed by atoms with van der Waals surface area (Å²) in [5.74, 6) is -1.23. The Bertz CT molecular complexity index is 845. The number of fused-ring (bicyclic) bond motifs is 1. The van der Waals surface area contributed by atoms with E-state index in [1.807, 2.05) is 0 Å². The second kappa shape index (κ2) is 8.30. The van der Waals surface area contributed by atoms with Gasteiger partial charge in [0.15, 0.2) is 6.79 Å². The highest BCUT2D eigenvalue weighted by molar-refractivity contribution is 5.74. The van der Waals surface area contributed by atoms with Crippen LogP contribution in [0.2, 0.25) is 0 Å². The topological polar surface area (TPSA) is 59.6 Å². The van der Waals surface area contributed by atoms with Gasteiger partial charge in [-0.15, -0.1) is 0 Å². The van der Waals surface area contributed by atoms with Gasteiger partial charge in [0.25, 0.3) is 0 Å². The first-order valence-electron chi connectivity index (χ1n) is 8.45. The van der Waals surface area contributed by atoms with Crippen molar-refractivity contribution in [2.75, 3.05) is 13.3 Å². The summed E-state index contributed by atoms with van der Waals surface area (Å²) in [6.45, 7) is 2.19. The largest absolute Gasteiger partial charge is 0.467 e. The standard InChI is InChI=1S/C19H19F3N2O3/c1-11(16-3-2-14(20)8-17(16)22)24-19(25)23-5-4-12-6-15(21)7-13-9-26-10-27-18(12)13/h2-3,6-8,11H,4-5,9-10H2,1H3,(H2,23,24,25). The monoisotopic (exact) mass is 380 g/mol. The molecule has 3 rings (SSSR count). The van der Waals surface area contributed by atoms with Gasteiger partial charge in [0, 0.05) is 23.7 Å². The number of hydrogen-bond acceptors (Lipinski definition) is 3. The Hall–Kier alpha value is -2.74. The molecule has 0 spiro atoms. The van der Waals surface area contributed by atoms with Gasteiger partial charge >= 0.3 is 6.03 Å². The number of amides is 2. The molecule has 1 heterocycles. The maximum absolute atomic E-state index is 13.8. The van der Waals surface area contributed by atoms with Crippen LogP contribution in [-0.4, -0.2) is 19.4 Å². The number of halogens is 3. The third-order valence-corrected chi connectivity index (χ3v) is 4.21. The summed E-state index contributed by atoms with van der Waals surface area (Å²) in [6, 6.07) is 4.74. The Balaban J connectivity index is 1.55. The van der Waals surface area contributed by atoms with Gasteiger partial charge in [-0.3, -0.25) is 0 Å². The van der Waals surface area contributed by atoms with E-state index in [2.05, 4.69) is 10.6 Å². The lowest BCUT2D eigenvalue weighted by atomic mass is 10.1. The molecule has 8 heteroatoms. The molecule has 0 saturated heterocycles. The minimum atomic E-state index is -0.728. The third-order valence-electron chi connectivity index (χ3n) is 4.21. The minimum absolute atomic E-state index is 0.0975. The molecule has 0 saturated carbocycles. The number of benzene rings is 2. The van der Waals surface area contributed by atoms with Gasteiger partial charge in [-0.05, 0) is 37.1 Å². The number of rotatable bonds is 5. The highest BCUT2D eigenvalue weighted by Gasteiger charge is 2.18. The zero-order valence-corrected chi connectivity index (χ0v) is 14.7. The van der Waals surface area contributed by atoms with Crippen LogP contribution in [0.25, 0.3) is 0 Å². The van der Waals surface area contributed by atoms with Crippen LogP contribution >= 0.6 is 0 Å². The average Bonchev–Trinajstić information content (AvgIpc) is 2.61. The van der Waals surface area contributed by atoms with E-state index in [4.69, 9.17) is 9.47 Å². The molecule has 0 aromatic heterocycles. The van der Waals surface area contributed by atoms with Crippen molar-refractivity contribution in [3.05, 3.63) is 64.5 Å². The summed E-state index contributed by atoms with van der Waals surface area (Å²) >= 11 is 0. The van der Waals surface area contributed by atoms with Crippen molar-refractivity contribution in [1.29, 1.82) is 0 Å². The molecule has 0 fully saturated rings. The van der Waals surface area contributed by atoms with Crippen LogP contribution < -0.4 is 15.4 Å². The quantitative estimate of drug-likeness (QED) is 0.834. The minimum Gasteiger partial charge on any atom is -0.467 e. The van der Waals surface area contributed by atoms with Crippen molar-refractivity contribution >= 4 is 6.03 Å². The molecule has 2 amide bonds. The van der Waals surface area contributed by atoms with Crippen molar-refractivity contribution in [2.45, 2.75) is 26.0 Å². The highest BCUT2D eigenvalue weighted by atomic mass is 19.1. The second-order valence-corrected chi connectivity index (χ2v) is 6.20. The molecule has 1 aliphatic heterocycles. The second-order valence-electron chi connectivity index (χ2n) is 6.20. The van der Waals surface area contributed by atoms with E-state index in [1.54, 1.807) is 6.92 Å². The smallest absolute Gasteiger partial charge is 0.315 e. The van der Waals surface area contributed by atoms with Gasteiger partial charge in [-0.25, -0.2) is 18.0 Å². The number of nitrogens with one attached hydrogen (secondary N) is 2. The lowest BCUT2D eigenvalue weighted by molar-refractivity contribution is -0.0172. The van der Waals surface area contributed by atoms with Crippen LogP contribution in [0.3, 0.4) is 0 Å². The molecule has 1 atom stereocenters. The zero-order valence-electron chi connectivity index (χ0n) is 14.7. The number of ether oxygens (including phenoxy) is 2. The van der Waals surface area contributed by atoms with Crippen LogP contribution in [0, 0.1) is 17.5 Å². The molecule has 0 bridgehead atoms. The van der Waals surface area contributed by atoms with Gasteiger partial charge in [-0.1, -0.05) is 6.07 Å². The first-order valence-corrected chi connectivity index (χ1v) is 8.45. The van der Waals surface area contributed by atoms with E-state index < -0.39 is 29.5 Å². The van der Waals surface area contributed by atoms with E-state index in [1.165, 1.54) is 18.2 Å². The third kappa shape index (κ3) is 4.71. The molecule has 0 radical (unpaired) electrons. The maximum Gasteiger partial charge on any atom is 0.315 e. The van der Waals surface area contributed by atoms with E-state index in [0.717, 1.165) is 12.1 Å². The van der Waals surface area contributed by atoms with Crippen LogP contribution in [0.1, 0.15) is 29.7 Å². The van der Waals surface area contributed by atoms with E-state index in [-0.39, 0.29) is 25.5 Å². The molecule has 1 aliphatic rings. The number of hydrogen-bond donors (Lipinski definition) is 2. The Kier molecular flexibility index (Phi) is 5.85. The SMILES string of the molecule is CC(NC(=O)NCCc1cc(F)cc2c1OCOC2)c1ccc(F)cc1F. The molecule has 0 aliphatic carbocycles. The van der Waals surface area contributed by atoms with Crippen molar-refractivity contribution in [1.82, 2.24) is 10.6 Å². The molecule has 5 nitrogen and oxygen atoms in total. The summed E-state index contributed by atoms with van der Waals surface area (Å²) in [4.78, 5) is 12.0. The summed E-state index contributed by atoms with van der Waals surface area (Å²) in [5, 5.41) is 5.21. The van der Waals surface area contributed by atoms with Crippen LogP contribution in [0.4, 0.5) is 18.0 Å². The molecule has 2 aromatic carbocycles. The van der Waals surface area contributed by atoms with E-state index >= 15 is 0 Å². The summed E-state index contributed by atoms with van der Waals surface area (Å²) < 4.78 is 51.0. The fraction of sp³-hybridized carbons (Fsp3) is 0.316. The molecule has 2 N–H and O–H groups in total. The Labute approximate surface area is 154 Å². The molecular weight excluding hydrogens is 361 g/mol.